The summed E-state index contributed by atoms with van der Waals surface area (Å²) in [7, 11) is 1.10. The monoisotopic (exact) mass is 332 g/mol. The highest BCUT2D eigenvalue weighted by molar-refractivity contribution is 7.80. The zero-order valence-corrected chi connectivity index (χ0v) is 12.8. The molecule has 1 saturated heterocycles. The lowest BCUT2D eigenvalue weighted by atomic mass is 9.78. The van der Waals surface area contributed by atoms with E-state index in [1.165, 1.54) is 12.3 Å². The molecule has 2 N–H and O–H groups in total. The molecular formula is C14H12N4O4S. The number of thiocarbonyl (C=S) groups is 1. The Morgan fingerprint density at radius 2 is 2.26 bits per heavy atom. The summed E-state index contributed by atoms with van der Waals surface area (Å²) in [6, 6.07) is 6.44. The van der Waals surface area contributed by atoms with Crippen molar-refractivity contribution in [2.75, 3.05) is 7.11 Å². The molecule has 2 atom stereocenters. The SMILES string of the molecule is COC(=O)[C@@]1(CC(=O)c2ccccn2)NC(=S)NC(=O)[C@H]1C#N. The van der Waals surface area contributed by atoms with Gasteiger partial charge in [0.15, 0.2) is 22.4 Å². The van der Waals surface area contributed by atoms with Crippen LogP contribution in [0.2, 0.25) is 0 Å². The van der Waals surface area contributed by atoms with Gasteiger partial charge in [-0.3, -0.25) is 14.6 Å². The van der Waals surface area contributed by atoms with Gasteiger partial charge in [-0.15, -0.1) is 0 Å². The Hall–Kier alpha value is -2.86. The van der Waals surface area contributed by atoms with Crippen molar-refractivity contribution in [3.63, 3.8) is 0 Å². The molecule has 0 radical (unpaired) electrons. The largest absolute Gasteiger partial charge is 0.467 e. The summed E-state index contributed by atoms with van der Waals surface area (Å²) >= 11 is 4.88. The number of ketones is 1. The van der Waals surface area contributed by atoms with Crippen molar-refractivity contribution in [3.8, 4) is 6.07 Å². The third kappa shape index (κ3) is 3.02. The molecule has 118 valence electrons. The molecule has 0 unspecified atom stereocenters. The number of rotatable bonds is 4. The van der Waals surface area contributed by atoms with Crippen LogP contribution in [0.15, 0.2) is 24.4 Å². The lowest BCUT2D eigenvalue weighted by Crippen LogP contribution is -2.70. The molecule has 0 aliphatic carbocycles. The molecule has 23 heavy (non-hydrogen) atoms. The average molecular weight is 332 g/mol. The number of amides is 1. The summed E-state index contributed by atoms with van der Waals surface area (Å²) in [5, 5.41) is 13.9. The Balaban J connectivity index is 2.45. The van der Waals surface area contributed by atoms with Crippen LogP contribution in [-0.2, 0) is 14.3 Å². The van der Waals surface area contributed by atoms with Crippen molar-refractivity contribution in [3.05, 3.63) is 30.1 Å². The molecule has 2 rings (SSSR count). The molecule has 9 heteroatoms. The number of hydrogen-bond acceptors (Lipinski definition) is 7. The second kappa shape index (κ2) is 6.50. The summed E-state index contributed by atoms with van der Waals surface area (Å²) < 4.78 is 4.69. The van der Waals surface area contributed by atoms with Crippen molar-refractivity contribution in [2.24, 2.45) is 5.92 Å². The van der Waals surface area contributed by atoms with Crippen LogP contribution in [0.1, 0.15) is 16.9 Å². The van der Waals surface area contributed by atoms with E-state index < -0.39 is 35.5 Å². The van der Waals surface area contributed by atoms with Crippen LogP contribution >= 0.6 is 12.2 Å². The van der Waals surface area contributed by atoms with E-state index in [1.807, 2.05) is 0 Å². The van der Waals surface area contributed by atoms with E-state index in [0.29, 0.717) is 0 Å². The molecule has 8 nitrogen and oxygen atoms in total. The molecule has 1 aliphatic heterocycles. The number of aromatic nitrogens is 1. The average Bonchev–Trinajstić information content (AvgIpc) is 2.54. The number of methoxy groups -OCH3 is 1. The smallest absolute Gasteiger partial charge is 0.334 e. The fraction of sp³-hybridized carbons (Fsp3) is 0.286. The summed E-state index contributed by atoms with van der Waals surface area (Å²) in [5.74, 6) is -3.70. The molecule has 0 saturated carbocycles. The Kier molecular flexibility index (Phi) is 4.66. The Morgan fingerprint density at radius 3 is 2.83 bits per heavy atom. The van der Waals surface area contributed by atoms with Crippen LogP contribution in [0.5, 0.6) is 0 Å². The van der Waals surface area contributed by atoms with Gasteiger partial charge in [0.2, 0.25) is 5.91 Å². The van der Waals surface area contributed by atoms with Gasteiger partial charge in [-0.25, -0.2) is 4.79 Å². The van der Waals surface area contributed by atoms with Gasteiger partial charge in [-0.05, 0) is 24.4 Å². The summed E-state index contributed by atoms with van der Waals surface area (Å²) in [6.07, 6.45) is 0.925. The Bertz CT molecular complexity index is 715. The van der Waals surface area contributed by atoms with Crippen LogP contribution in [0.25, 0.3) is 0 Å². The molecule has 0 spiro atoms. The van der Waals surface area contributed by atoms with Crippen LogP contribution in [0.3, 0.4) is 0 Å². The maximum absolute atomic E-state index is 12.4. The molecule has 0 bridgehead atoms. The first-order valence-electron chi connectivity index (χ1n) is 6.50. The predicted octanol–water partition coefficient (Wildman–Crippen LogP) is -0.290. The highest BCUT2D eigenvalue weighted by Gasteiger charge is 2.55. The van der Waals surface area contributed by atoms with Crippen LogP contribution in [0.4, 0.5) is 0 Å². The lowest BCUT2D eigenvalue weighted by molar-refractivity contribution is -0.152. The van der Waals surface area contributed by atoms with Gasteiger partial charge >= 0.3 is 5.97 Å². The molecule has 1 aromatic heterocycles. The molecule has 0 aromatic carbocycles. The number of hydrogen-bond donors (Lipinski definition) is 2. The third-order valence-corrected chi connectivity index (χ3v) is 3.60. The number of ether oxygens (including phenoxy) is 1. The van der Waals surface area contributed by atoms with Crippen LogP contribution in [-0.4, -0.2) is 40.4 Å². The highest BCUT2D eigenvalue weighted by atomic mass is 32.1. The number of carbonyl (C=O) groups excluding carboxylic acids is 3. The molecule has 1 amide bonds. The van der Waals surface area contributed by atoms with Gasteiger partial charge in [-0.1, -0.05) is 6.07 Å². The predicted molar refractivity (Wildman–Crippen MR) is 80.9 cm³/mol. The van der Waals surface area contributed by atoms with Gasteiger partial charge < -0.3 is 15.4 Å². The van der Waals surface area contributed by atoms with Crippen LogP contribution < -0.4 is 10.6 Å². The molecule has 2 heterocycles. The number of nitriles is 1. The van der Waals surface area contributed by atoms with E-state index in [2.05, 4.69) is 15.6 Å². The molecular weight excluding hydrogens is 320 g/mol. The fourth-order valence-corrected chi connectivity index (χ4v) is 2.61. The van der Waals surface area contributed by atoms with E-state index >= 15 is 0 Å². The maximum atomic E-state index is 12.4. The summed E-state index contributed by atoms with van der Waals surface area (Å²) in [6.45, 7) is 0. The zero-order valence-electron chi connectivity index (χ0n) is 12.0. The van der Waals surface area contributed by atoms with E-state index in [9.17, 15) is 19.6 Å². The van der Waals surface area contributed by atoms with E-state index in [1.54, 1.807) is 18.2 Å². The molecule has 1 aromatic rings. The van der Waals surface area contributed by atoms with Crippen molar-refractivity contribution >= 4 is 35.0 Å². The van der Waals surface area contributed by atoms with Crippen molar-refractivity contribution in [1.29, 1.82) is 5.26 Å². The second-order valence-electron chi connectivity index (χ2n) is 4.78. The number of carbonyl (C=O) groups is 3. The van der Waals surface area contributed by atoms with Crippen molar-refractivity contribution in [2.45, 2.75) is 12.0 Å². The quantitative estimate of drug-likeness (QED) is 0.438. The van der Waals surface area contributed by atoms with Crippen molar-refractivity contribution in [1.82, 2.24) is 15.6 Å². The standard InChI is InChI=1S/C14H12N4O4S/c1-22-12(21)14(6-10(19)9-4-2-3-5-16-9)8(7-15)11(20)17-13(23)18-14/h2-5,8H,6H2,1H3,(H2,17,18,20,23)/t8-,14+/m1/s1. The minimum atomic E-state index is -1.89. The number of pyridine rings is 1. The van der Waals surface area contributed by atoms with E-state index in [4.69, 9.17) is 17.0 Å². The minimum Gasteiger partial charge on any atom is -0.467 e. The fourth-order valence-electron chi connectivity index (χ4n) is 2.32. The lowest BCUT2D eigenvalue weighted by Gasteiger charge is -2.38. The van der Waals surface area contributed by atoms with Gasteiger partial charge in [-0.2, -0.15) is 5.26 Å². The highest BCUT2D eigenvalue weighted by Crippen LogP contribution is 2.28. The zero-order chi connectivity index (χ0) is 17.0. The second-order valence-corrected chi connectivity index (χ2v) is 5.19. The topological polar surface area (TPSA) is 121 Å². The minimum absolute atomic E-state index is 0.103. The number of nitrogens with one attached hydrogen (secondary N) is 2. The molecule has 1 fully saturated rings. The van der Waals surface area contributed by atoms with E-state index in [0.717, 1.165) is 7.11 Å². The first-order chi connectivity index (χ1) is 10.9. The summed E-state index contributed by atoms with van der Waals surface area (Å²) in [4.78, 5) is 40.6. The maximum Gasteiger partial charge on any atom is 0.334 e. The van der Waals surface area contributed by atoms with Gasteiger partial charge in [0.25, 0.3) is 0 Å². The number of Topliss-reactive ketones (excluding diaryl/α,β-unsaturated/α-hetero) is 1. The first-order valence-corrected chi connectivity index (χ1v) is 6.90. The Morgan fingerprint density at radius 1 is 1.52 bits per heavy atom. The van der Waals surface area contributed by atoms with Gasteiger partial charge in [0.05, 0.1) is 13.2 Å². The number of esters is 1. The number of nitrogens with zero attached hydrogens (tertiary/aromatic N) is 2. The van der Waals surface area contributed by atoms with Crippen LogP contribution in [0, 0.1) is 17.2 Å². The third-order valence-electron chi connectivity index (χ3n) is 3.40. The van der Waals surface area contributed by atoms with Gasteiger partial charge in [0.1, 0.15) is 5.69 Å². The van der Waals surface area contributed by atoms with Crippen molar-refractivity contribution < 1.29 is 19.1 Å². The summed E-state index contributed by atoms with van der Waals surface area (Å²) in [5.41, 5.74) is -1.79. The normalized spacial score (nSPS) is 23.2. The van der Waals surface area contributed by atoms with E-state index in [-0.39, 0.29) is 10.8 Å². The van der Waals surface area contributed by atoms with Gasteiger partial charge in [0, 0.05) is 12.6 Å². The first kappa shape index (κ1) is 16.5. The Labute approximate surface area is 136 Å². The molecule has 1 aliphatic rings.